The van der Waals surface area contributed by atoms with E-state index in [9.17, 15) is 0 Å². The van der Waals surface area contributed by atoms with E-state index in [0.717, 1.165) is 24.4 Å². The zero-order valence-electron chi connectivity index (χ0n) is 7.42. The van der Waals surface area contributed by atoms with E-state index in [2.05, 4.69) is 27.7 Å². The normalized spacial score (nSPS) is 49.2. The summed E-state index contributed by atoms with van der Waals surface area (Å²) in [6.45, 7) is 10.0. The fourth-order valence-corrected chi connectivity index (χ4v) is 1.55. The van der Waals surface area contributed by atoms with Gasteiger partial charge in [0.1, 0.15) is 0 Å². The smallest absolute Gasteiger partial charge is 0.0575 e. The molecule has 10 heavy (non-hydrogen) atoms. The van der Waals surface area contributed by atoms with Crippen molar-refractivity contribution in [3.63, 3.8) is 0 Å². The summed E-state index contributed by atoms with van der Waals surface area (Å²) in [5.74, 6) is 2.29. The van der Waals surface area contributed by atoms with E-state index < -0.39 is 0 Å². The van der Waals surface area contributed by atoms with Crippen molar-refractivity contribution in [3.05, 3.63) is 0 Å². The van der Waals surface area contributed by atoms with E-state index in [-0.39, 0.29) is 0 Å². The van der Waals surface area contributed by atoms with Gasteiger partial charge in [0.25, 0.3) is 0 Å². The molecule has 0 aromatic carbocycles. The van der Waals surface area contributed by atoms with Crippen molar-refractivity contribution in [3.8, 4) is 0 Å². The van der Waals surface area contributed by atoms with Crippen LogP contribution in [0.3, 0.4) is 0 Å². The second kappa shape index (κ2) is 2.91. The number of ether oxygens (including phenoxy) is 1. The molecule has 0 aliphatic carbocycles. The predicted octanol–water partition coefficient (Wildman–Crippen LogP) is 2.31. The first-order valence-electron chi connectivity index (χ1n) is 4.24. The minimum absolute atomic E-state index is 0.464. The maximum atomic E-state index is 5.57. The van der Waals surface area contributed by atoms with Crippen LogP contribution in [0.5, 0.6) is 0 Å². The average Bonchev–Trinajstić information content (AvgIpc) is 1.93. The quantitative estimate of drug-likeness (QED) is 0.504. The molecule has 1 aliphatic heterocycles. The largest absolute Gasteiger partial charge is 0.378 e. The molecular weight excluding hydrogens is 124 g/mol. The van der Waals surface area contributed by atoms with Crippen molar-refractivity contribution >= 4 is 0 Å². The van der Waals surface area contributed by atoms with E-state index >= 15 is 0 Å². The van der Waals surface area contributed by atoms with Gasteiger partial charge >= 0.3 is 0 Å². The Hall–Kier alpha value is -0.0400. The highest BCUT2D eigenvalue weighted by molar-refractivity contribution is 4.77. The van der Waals surface area contributed by atoms with Crippen LogP contribution in [-0.2, 0) is 4.74 Å². The van der Waals surface area contributed by atoms with Gasteiger partial charge in [-0.2, -0.15) is 0 Å². The molecule has 0 saturated carbocycles. The van der Waals surface area contributed by atoms with Gasteiger partial charge in [-0.05, 0) is 24.7 Å². The van der Waals surface area contributed by atoms with E-state index in [1.54, 1.807) is 0 Å². The molecule has 1 heteroatoms. The summed E-state index contributed by atoms with van der Waals surface area (Å²) in [6, 6.07) is 0. The standard InChI is InChI=1S/C9H18O/c1-6-5-10-9(4)8(3)7(6)2/h6-9H,5H2,1-4H3/t6-,7+,8?,9+/m1/s1. The highest BCUT2D eigenvalue weighted by Gasteiger charge is 2.29. The summed E-state index contributed by atoms with van der Waals surface area (Å²) < 4.78 is 5.57. The van der Waals surface area contributed by atoms with Crippen LogP contribution < -0.4 is 0 Å². The van der Waals surface area contributed by atoms with Crippen molar-refractivity contribution in [2.75, 3.05) is 6.61 Å². The first kappa shape index (κ1) is 8.06. The third kappa shape index (κ3) is 1.34. The molecule has 0 bridgehead atoms. The number of rotatable bonds is 0. The molecule has 0 aromatic heterocycles. The fourth-order valence-electron chi connectivity index (χ4n) is 1.55. The minimum atomic E-state index is 0.464. The van der Waals surface area contributed by atoms with Crippen molar-refractivity contribution in [2.24, 2.45) is 17.8 Å². The third-order valence-electron chi connectivity index (χ3n) is 3.09. The van der Waals surface area contributed by atoms with Crippen molar-refractivity contribution in [1.29, 1.82) is 0 Å². The summed E-state index contributed by atoms with van der Waals surface area (Å²) >= 11 is 0. The topological polar surface area (TPSA) is 9.23 Å². The molecule has 0 aromatic rings. The molecule has 0 amide bonds. The van der Waals surface area contributed by atoms with Crippen LogP contribution in [0, 0.1) is 17.8 Å². The molecular formula is C9H18O. The molecule has 0 spiro atoms. The predicted molar refractivity (Wildman–Crippen MR) is 42.9 cm³/mol. The summed E-state index contributed by atoms with van der Waals surface area (Å²) in [4.78, 5) is 0. The lowest BCUT2D eigenvalue weighted by Crippen LogP contribution is -2.36. The molecule has 1 heterocycles. The first-order chi connectivity index (χ1) is 4.63. The molecule has 1 aliphatic rings. The highest BCUT2D eigenvalue weighted by Crippen LogP contribution is 2.29. The molecule has 4 atom stereocenters. The summed E-state index contributed by atoms with van der Waals surface area (Å²) in [5, 5.41) is 0. The molecule has 1 unspecified atom stereocenters. The molecule has 1 saturated heterocycles. The van der Waals surface area contributed by atoms with Gasteiger partial charge in [0.15, 0.2) is 0 Å². The van der Waals surface area contributed by atoms with Gasteiger partial charge in [-0.25, -0.2) is 0 Å². The Morgan fingerprint density at radius 1 is 1.00 bits per heavy atom. The number of hydrogen-bond acceptors (Lipinski definition) is 1. The van der Waals surface area contributed by atoms with Crippen LogP contribution in [0.1, 0.15) is 27.7 Å². The Morgan fingerprint density at radius 3 is 2.10 bits per heavy atom. The lowest BCUT2D eigenvalue weighted by molar-refractivity contribution is -0.0661. The Kier molecular flexibility index (Phi) is 2.35. The Morgan fingerprint density at radius 2 is 1.60 bits per heavy atom. The van der Waals surface area contributed by atoms with Crippen molar-refractivity contribution in [2.45, 2.75) is 33.8 Å². The van der Waals surface area contributed by atoms with E-state index in [1.807, 2.05) is 0 Å². The van der Waals surface area contributed by atoms with E-state index in [1.165, 1.54) is 0 Å². The van der Waals surface area contributed by atoms with E-state index in [4.69, 9.17) is 4.74 Å². The van der Waals surface area contributed by atoms with Gasteiger partial charge in [-0.15, -0.1) is 0 Å². The number of hydrogen-bond donors (Lipinski definition) is 0. The van der Waals surface area contributed by atoms with Crippen LogP contribution in [0.25, 0.3) is 0 Å². The van der Waals surface area contributed by atoms with Gasteiger partial charge in [0, 0.05) is 6.61 Å². The second-order valence-corrected chi connectivity index (χ2v) is 3.73. The van der Waals surface area contributed by atoms with Gasteiger partial charge in [0.2, 0.25) is 0 Å². The van der Waals surface area contributed by atoms with Gasteiger partial charge < -0.3 is 4.74 Å². The maximum Gasteiger partial charge on any atom is 0.0575 e. The molecule has 1 nitrogen and oxygen atoms in total. The summed E-state index contributed by atoms with van der Waals surface area (Å²) in [6.07, 6.45) is 0.464. The Bertz CT molecular complexity index is 97.3. The van der Waals surface area contributed by atoms with Crippen LogP contribution in [0.15, 0.2) is 0 Å². The SMILES string of the molecule is CC1[C@H](C)OC[C@@H](C)[C@@H]1C. The Labute approximate surface area is 63.8 Å². The van der Waals surface area contributed by atoms with Crippen LogP contribution in [0.4, 0.5) is 0 Å². The second-order valence-electron chi connectivity index (χ2n) is 3.73. The van der Waals surface area contributed by atoms with Crippen molar-refractivity contribution in [1.82, 2.24) is 0 Å². The maximum absolute atomic E-state index is 5.57. The highest BCUT2D eigenvalue weighted by atomic mass is 16.5. The van der Waals surface area contributed by atoms with E-state index in [0.29, 0.717) is 6.10 Å². The minimum Gasteiger partial charge on any atom is -0.378 e. The monoisotopic (exact) mass is 142 g/mol. The summed E-state index contributed by atoms with van der Waals surface area (Å²) in [7, 11) is 0. The molecule has 1 rings (SSSR count). The summed E-state index contributed by atoms with van der Waals surface area (Å²) in [5.41, 5.74) is 0. The molecule has 0 radical (unpaired) electrons. The van der Waals surface area contributed by atoms with Gasteiger partial charge in [-0.1, -0.05) is 20.8 Å². The van der Waals surface area contributed by atoms with Crippen LogP contribution in [-0.4, -0.2) is 12.7 Å². The molecule has 1 fully saturated rings. The van der Waals surface area contributed by atoms with Crippen LogP contribution >= 0.6 is 0 Å². The zero-order chi connectivity index (χ0) is 7.72. The third-order valence-corrected chi connectivity index (χ3v) is 3.09. The van der Waals surface area contributed by atoms with Gasteiger partial charge in [0.05, 0.1) is 6.10 Å². The zero-order valence-corrected chi connectivity index (χ0v) is 7.42. The van der Waals surface area contributed by atoms with Crippen molar-refractivity contribution < 1.29 is 4.74 Å². The molecule has 60 valence electrons. The Balaban J connectivity index is 2.52. The fraction of sp³-hybridized carbons (Fsp3) is 1.00. The lowest BCUT2D eigenvalue weighted by Gasteiger charge is -2.36. The molecule has 0 N–H and O–H groups in total. The average molecular weight is 142 g/mol. The van der Waals surface area contributed by atoms with Gasteiger partial charge in [-0.3, -0.25) is 0 Å². The lowest BCUT2D eigenvalue weighted by atomic mass is 9.80. The first-order valence-corrected chi connectivity index (χ1v) is 4.24. The van der Waals surface area contributed by atoms with Crippen LogP contribution in [0.2, 0.25) is 0 Å².